The Bertz CT molecular complexity index is 8070. The number of benzene rings is 4. The molecule has 0 saturated heterocycles. The lowest BCUT2D eigenvalue weighted by atomic mass is 10.00. The molecule has 38 heteroatoms. The summed E-state index contributed by atoms with van der Waals surface area (Å²) in [5.74, 6) is 1.68. The summed E-state index contributed by atoms with van der Waals surface area (Å²) in [6.45, 7) is 19.3. The standard InChI is InChI=1S/C25H27N5O4S.C25H25N5O3S.C25H27N5O3S.C24H25N5O4S/c1-15-5-6-16(24(32)27-18-7-8-18)9-19(15)17-11-26-30(12-17)23-14-29-13-21(20(31)10-22(29)28-23)35(33,34)25(2,3)4;1-16-5-6-17(25(31)28-19-7-8-19)11-22(16)18-12-27-30(14-18)24-13-26-23-10-9-21(15-29(23)24)34(32,33)20-3-2-4-20;1-16-5-6-17(24(31)28-19-7-8-19)11-21(16)18-13-26-30(15-18)23-14-27-29-10-9-20(12-22(23)29)34(32,33)25(2,3)4;1-4-34(31,32)21-13-28-14-23(27-22(28)10-20(21)33-3)29-12-17(11-25-29)19-9-16(6-5-15(19)2)24(30)26-18-7-8-18/h5-6,9-14,18,28H,7-8H2,1-4H3,(H,27,32);5-6,9-15,19-20H,2-4,7-8H2,1H3,(H,28,31);5-6,9-15,19H,7-8H2,1-4H3,(H,28,31);5-6,9-14,18H,4,7-8H2,1-3H3,(H,26,30). The van der Waals surface area contributed by atoms with Crippen LogP contribution in [0.2, 0.25) is 0 Å². The molecule has 12 heterocycles. The van der Waals surface area contributed by atoms with Crippen molar-refractivity contribution in [3.8, 4) is 73.4 Å². The highest BCUT2D eigenvalue weighted by Crippen LogP contribution is 2.38. The second kappa shape index (κ2) is 36.1. The zero-order valence-electron chi connectivity index (χ0n) is 77.6. The number of hydrogen-bond donors (Lipinski definition) is 5. The molecule has 0 radical (unpaired) electrons. The van der Waals surface area contributed by atoms with Crippen molar-refractivity contribution >= 4 is 85.4 Å². The number of aromatic amines is 1. The summed E-state index contributed by atoms with van der Waals surface area (Å²) < 4.78 is 119. The average Bonchev–Trinajstić information content (AvgIpc) is 1.26. The summed E-state index contributed by atoms with van der Waals surface area (Å²) in [5.41, 5.74) is 16.0. The van der Waals surface area contributed by atoms with Crippen LogP contribution in [0.3, 0.4) is 0 Å². The Morgan fingerprint density at radius 3 is 1.38 bits per heavy atom. The summed E-state index contributed by atoms with van der Waals surface area (Å²) in [5, 5.41) is 34.1. The molecule has 4 aromatic carbocycles. The van der Waals surface area contributed by atoms with Gasteiger partial charge in [0.2, 0.25) is 5.43 Å². The fourth-order valence-electron chi connectivity index (χ4n) is 15.8. The Morgan fingerprint density at radius 1 is 0.453 bits per heavy atom. The molecule has 5 aliphatic carbocycles. The molecule has 0 atom stereocenters. The van der Waals surface area contributed by atoms with E-state index in [9.17, 15) is 57.6 Å². The van der Waals surface area contributed by atoms with Gasteiger partial charge in [-0.05, 0) is 251 Å². The highest BCUT2D eigenvalue weighted by atomic mass is 32.2. The molecule has 137 heavy (non-hydrogen) atoms. The maximum atomic E-state index is 13.0. The van der Waals surface area contributed by atoms with E-state index < -0.39 is 54.3 Å². The lowest BCUT2D eigenvalue weighted by Crippen LogP contribution is -2.32. The number of nitrogens with one attached hydrogen (secondary N) is 5. The van der Waals surface area contributed by atoms with Crippen LogP contribution in [0.5, 0.6) is 5.75 Å². The number of rotatable bonds is 23. The van der Waals surface area contributed by atoms with E-state index in [0.717, 1.165) is 137 Å². The SMILES string of the molecule is CCS(=O)(=O)c1cn2cc(-n3cc(-c4cc(C(=O)NC5CC5)ccc4C)cn3)nc2cc1OC.Cc1ccc(C(=O)NC2CC2)cc1-c1cnn(-c2cn3cc(S(=O)(=O)C(C)(C)C)c(=O)cc3[nH]2)c1.Cc1ccc(C(=O)NC2CC2)cc1-c1cnn(-c2cnc3ccc(S(=O)(=O)C4CCC4)cn23)c1.Cc1ccc(C(=O)NC2CC2)cc1-c1cnn(-c2cnn3ccc(S(=O)(=O)C(C)(C)C)cc23)c1. The Hall–Kier alpha value is -14.2. The molecule has 5 N–H and O–H groups in total. The third-order valence-electron chi connectivity index (χ3n) is 25.2. The number of pyridine rings is 4. The zero-order valence-corrected chi connectivity index (χ0v) is 80.8. The Morgan fingerprint density at radius 2 is 0.912 bits per heavy atom. The van der Waals surface area contributed by atoms with Crippen LogP contribution in [-0.4, -0.2) is 186 Å². The van der Waals surface area contributed by atoms with Crippen LogP contribution in [0.1, 0.15) is 183 Å². The van der Waals surface area contributed by atoms with E-state index in [1.807, 2.05) is 125 Å². The lowest BCUT2D eigenvalue weighted by molar-refractivity contribution is 0.0942. The summed E-state index contributed by atoms with van der Waals surface area (Å²) in [4.78, 5) is 75.2. The van der Waals surface area contributed by atoms with E-state index in [4.69, 9.17) is 4.74 Å². The van der Waals surface area contributed by atoms with Gasteiger partial charge in [-0.2, -0.15) is 25.5 Å². The quantitative estimate of drug-likeness (QED) is 0.0397. The highest BCUT2D eigenvalue weighted by Gasteiger charge is 2.37. The van der Waals surface area contributed by atoms with E-state index in [1.165, 1.54) is 25.6 Å². The van der Waals surface area contributed by atoms with Crippen molar-refractivity contribution < 1.29 is 57.6 Å². The minimum absolute atomic E-state index is 0.0317. The van der Waals surface area contributed by atoms with Crippen molar-refractivity contribution in [1.29, 1.82) is 0 Å². The summed E-state index contributed by atoms with van der Waals surface area (Å²) in [6.07, 6.45) is 37.9. The smallest absolute Gasteiger partial charge is 0.251 e. The molecule has 21 rings (SSSR count). The number of carbonyl (C=O) groups is 4. The van der Waals surface area contributed by atoms with Crippen molar-refractivity contribution in [3.05, 3.63) is 263 Å². The van der Waals surface area contributed by atoms with Crippen LogP contribution in [0, 0.1) is 27.7 Å². The number of methoxy groups -OCH3 is 1. The molecular formula is C99H104N20O14S4. The van der Waals surface area contributed by atoms with Crippen LogP contribution >= 0.6 is 0 Å². The van der Waals surface area contributed by atoms with Gasteiger partial charge < -0.3 is 39.8 Å². The maximum absolute atomic E-state index is 13.0. The lowest BCUT2D eigenvalue weighted by Gasteiger charge is -2.25. The number of amides is 4. The molecule has 0 spiro atoms. The molecule has 5 saturated carbocycles. The van der Waals surface area contributed by atoms with Crippen LogP contribution < -0.4 is 31.4 Å². The fraction of sp³-hybridized carbons (Fsp3) is 0.313. The van der Waals surface area contributed by atoms with Gasteiger partial charge in [0.05, 0.1) is 92.5 Å². The van der Waals surface area contributed by atoms with Crippen molar-refractivity contribution in [2.45, 2.75) is 205 Å². The monoisotopic (exact) mass is 1920 g/mol. The molecule has 16 aromatic rings. The summed E-state index contributed by atoms with van der Waals surface area (Å²) in [6, 6.07) is 33.2. The number of nitrogens with zero attached hydrogens (tertiary/aromatic N) is 15. The van der Waals surface area contributed by atoms with Crippen molar-refractivity contribution in [3.63, 3.8) is 0 Å². The number of aryl methyl sites for hydroxylation is 4. The number of carbonyl (C=O) groups excluding carboxylic acids is 4. The van der Waals surface area contributed by atoms with Crippen LogP contribution in [-0.2, 0) is 39.3 Å². The maximum Gasteiger partial charge on any atom is 0.251 e. The predicted molar refractivity (Wildman–Crippen MR) is 518 cm³/mol. The second-order valence-corrected chi connectivity index (χ2v) is 47.3. The molecule has 708 valence electrons. The Kier molecular flexibility index (Phi) is 24.6. The second-order valence-electron chi connectivity index (χ2n) is 37.5. The van der Waals surface area contributed by atoms with E-state index in [1.54, 1.807) is 177 Å². The first kappa shape index (κ1) is 93.2. The molecule has 34 nitrogen and oxygen atoms in total. The minimum Gasteiger partial charge on any atom is -0.495 e. The van der Waals surface area contributed by atoms with E-state index in [-0.39, 0.29) is 61.1 Å². The predicted octanol–water partition coefficient (Wildman–Crippen LogP) is 14.1. The van der Waals surface area contributed by atoms with Gasteiger partial charge in [0, 0.05) is 130 Å². The highest BCUT2D eigenvalue weighted by molar-refractivity contribution is 7.93. The Labute approximate surface area is 790 Å². The first-order valence-electron chi connectivity index (χ1n) is 45.3. The molecule has 0 aliphatic heterocycles. The molecule has 5 fully saturated rings. The van der Waals surface area contributed by atoms with Crippen LogP contribution in [0.15, 0.2) is 233 Å². The van der Waals surface area contributed by atoms with Crippen molar-refractivity contribution in [1.82, 2.24) is 98.2 Å². The zero-order chi connectivity index (χ0) is 96.9. The van der Waals surface area contributed by atoms with Crippen molar-refractivity contribution in [2.75, 3.05) is 12.9 Å². The molecule has 5 aliphatic rings. The first-order valence-corrected chi connectivity index (χ1v) is 51.4. The van der Waals surface area contributed by atoms with E-state index in [2.05, 4.69) is 61.7 Å². The fourth-order valence-corrected chi connectivity index (χ4v) is 21.1. The number of hydrogen-bond acceptors (Lipinski definition) is 21. The number of fused-ring (bicyclic) bond motifs is 4. The number of sulfone groups is 4. The van der Waals surface area contributed by atoms with E-state index >= 15 is 0 Å². The van der Waals surface area contributed by atoms with Gasteiger partial charge in [-0.15, -0.1) is 0 Å². The van der Waals surface area contributed by atoms with Gasteiger partial charge in [-0.1, -0.05) is 37.6 Å². The van der Waals surface area contributed by atoms with Gasteiger partial charge in [0.1, 0.15) is 44.0 Å². The van der Waals surface area contributed by atoms with Crippen LogP contribution in [0.4, 0.5) is 0 Å². The molecular weight excluding hydrogens is 1820 g/mol. The van der Waals surface area contributed by atoms with Gasteiger partial charge >= 0.3 is 0 Å². The van der Waals surface area contributed by atoms with Crippen LogP contribution in [0.25, 0.3) is 90.1 Å². The molecule has 0 unspecified atom stereocenters. The number of aromatic nitrogens is 16. The number of imidazole rings is 3. The average molecular weight is 1930 g/mol. The largest absolute Gasteiger partial charge is 0.495 e. The van der Waals surface area contributed by atoms with Gasteiger partial charge in [0.15, 0.2) is 51.0 Å². The molecule has 4 amide bonds. The number of H-pyrrole nitrogens is 1. The number of ether oxygens (including phenoxy) is 1. The van der Waals surface area contributed by atoms with Gasteiger partial charge in [-0.25, -0.2) is 66.9 Å². The van der Waals surface area contributed by atoms with E-state index in [0.29, 0.717) is 90.9 Å². The third kappa shape index (κ3) is 19.3. The minimum atomic E-state index is -3.81. The van der Waals surface area contributed by atoms with Gasteiger partial charge in [0.25, 0.3) is 23.6 Å². The molecule has 12 aromatic heterocycles. The normalized spacial score (nSPS) is 14.8. The van der Waals surface area contributed by atoms with Crippen molar-refractivity contribution in [2.24, 2.45) is 0 Å². The van der Waals surface area contributed by atoms with Gasteiger partial charge in [-0.3, -0.25) is 28.4 Å². The third-order valence-corrected chi connectivity index (χ3v) is 34.1. The summed E-state index contributed by atoms with van der Waals surface area (Å²) in [7, 11) is -12.7. The Balaban J connectivity index is 0.000000121. The first-order chi connectivity index (χ1) is 65.2. The topological polar surface area (TPSA) is 423 Å². The molecule has 0 bridgehead atoms. The summed E-state index contributed by atoms with van der Waals surface area (Å²) >= 11 is 0.